The van der Waals surface area contributed by atoms with Gasteiger partial charge in [0, 0.05) is 26.1 Å². The van der Waals surface area contributed by atoms with Crippen molar-refractivity contribution in [3.8, 4) is 0 Å². The van der Waals surface area contributed by atoms with Crippen LogP contribution in [0, 0.1) is 0 Å². The Morgan fingerprint density at radius 1 is 1.20 bits per heavy atom. The van der Waals surface area contributed by atoms with E-state index < -0.39 is 6.04 Å². The molecule has 1 aliphatic heterocycles. The van der Waals surface area contributed by atoms with Crippen LogP contribution in [0.1, 0.15) is 45.4 Å². The molecule has 2 N–H and O–H groups in total. The van der Waals surface area contributed by atoms with E-state index in [0.29, 0.717) is 13.1 Å². The Kier molecular flexibility index (Phi) is 5.11. The van der Waals surface area contributed by atoms with E-state index in [1.54, 1.807) is 0 Å². The van der Waals surface area contributed by atoms with Gasteiger partial charge in [-0.2, -0.15) is 0 Å². The molecule has 112 valence electrons. The molecule has 6 heteroatoms. The first kappa shape index (κ1) is 15.0. The summed E-state index contributed by atoms with van der Waals surface area (Å²) in [5.41, 5.74) is 0. The van der Waals surface area contributed by atoms with Crippen molar-refractivity contribution in [3.63, 3.8) is 0 Å². The Labute approximate surface area is 119 Å². The van der Waals surface area contributed by atoms with Gasteiger partial charge in [-0.1, -0.05) is 19.3 Å². The van der Waals surface area contributed by atoms with E-state index in [0.717, 1.165) is 25.7 Å². The SMILES string of the molecule is CC(=O)NCCNC1CC(=O)N(C2CCCCC2)C1=O. The summed E-state index contributed by atoms with van der Waals surface area (Å²) < 4.78 is 0. The monoisotopic (exact) mass is 281 g/mol. The third-order valence-corrected chi connectivity index (χ3v) is 4.01. The standard InChI is InChI=1S/C14H23N3O3/c1-10(18)15-7-8-16-12-9-13(19)17(14(12)20)11-5-3-2-4-6-11/h11-12,16H,2-9H2,1H3,(H,15,18). The van der Waals surface area contributed by atoms with Gasteiger partial charge in [-0.3, -0.25) is 19.3 Å². The molecule has 2 aliphatic rings. The molecule has 1 saturated carbocycles. The van der Waals surface area contributed by atoms with Gasteiger partial charge in [0.15, 0.2) is 0 Å². The lowest BCUT2D eigenvalue weighted by atomic mass is 9.94. The number of nitrogens with one attached hydrogen (secondary N) is 2. The highest BCUT2D eigenvalue weighted by Gasteiger charge is 2.42. The molecule has 1 atom stereocenters. The van der Waals surface area contributed by atoms with Crippen LogP contribution in [0.2, 0.25) is 0 Å². The van der Waals surface area contributed by atoms with Gasteiger partial charge in [-0.25, -0.2) is 0 Å². The molecule has 1 heterocycles. The van der Waals surface area contributed by atoms with Gasteiger partial charge in [0.2, 0.25) is 17.7 Å². The molecular weight excluding hydrogens is 258 g/mol. The number of amides is 3. The van der Waals surface area contributed by atoms with Crippen molar-refractivity contribution in [2.45, 2.75) is 57.5 Å². The highest BCUT2D eigenvalue weighted by molar-refractivity contribution is 6.05. The van der Waals surface area contributed by atoms with Crippen LogP contribution < -0.4 is 10.6 Å². The van der Waals surface area contributed by atoms with Gasteiger partial charge in [0.05, 0.1) is 12.5 Å². The minimum absolute atomic E-state index is 0.0565. The summed E-state index contributed by atoms with van der Waals surface area (Å²) in [7, 11) is 0. The van der Waals surface area contributed by atoms with Crippen molar-refractivity contribution in [2.75, 3.05) is 13.1 Å². The maximum absolute atomic E-state index is 12.3. The van der Waals surface area contributed by atoms with E-state index in [1.807, 2.05) is 0 Å². The zero-order valence-electron chi connectivity index (χ0n) is 12.0. The number of likely N-dealkylation sites (tertiary alicyclic amines) is 1. The summed E-state index contributed by atoms with van der Waals surface area (Å²) in [5, 5.41) is 5.72. The van der Waals surface area contributed by atoms with Crippen LogP contribution in [0.4, 0.5) is 0 Å². The third kappa shape index (κ3) is 3.56. The molecule has 0 bridgehead atoms. The molecule has 3 amide bonds. The van der Waals surface area contributed by atoms with Crippen LogP contribution in [0.5, 0.6) is 0 Å². The molecule has 0 aromatic heterocycles. The largest absolute Gasteiger partial charge is 0.355 e. The highest BCUT2D eigenvalue weighted by Crippen LogP contribution is 2.27. The summed E-state index contributed by atoms with van der Waals surface area (Å²) in [5.74, 6) is -0.242. The number of rotatable bonds is 5. The number of carbonyl (C=O) groups excluding carboxylic acids is 3. The van der Waals surface area contributed by atoms with Crippen molar-refractivity contribution in [1.29, 1.82) is 0 Å². The molecule has 0 spiro atoms. The van der Waals surface area contributed by atoms with Crippen molar-refractivity contribution >= 4 is 17.7 Å². The number of nitrogens with zero attached hydrogens (tertiary/aromatic N) is 1. The molecular formula is C14H23N3O3. The van der Waals surface area contributed by atoms with Crippen LogP contribution >= 0.6 is 0 Å². The van der Waals surface area contributed by atoms with E-state index in [1.165, 1.54) is 18.2 Å². The summed E-state index contributed by atoms with van der Waals surface area (Å²) in [4.78, 5) is 36.6. The third-order valence-electron chi connectivity index (χ3n) is 4.01. The molecule has 20 heavy (non-hydrogen) atoms. The van der Waals surface area contributed by atoms with Crippen LogP contribution in [0.15, 0.2) is 0 Å². The average Bonchev–Trinajstić information content (AvgIpc) is 2.70. The lowest BCUT2D eigenvalue weighted by Crippen LogP contribution is -2.45. The Hall–Kier alpha value is -1.43. The van der Waals surface area contributed by atoms with E-state index in [4.69, 9.17) is 0 Å². The van der Waals surface area contributed by atoms with E-state index in [-0.39, 0.29) is 30.2 Å². The van der Waals surface area contributed by atoms with Gasteiger partial charge in [-0.15, -0.1) is 0 Å². The van der Waals surface area contributed by atoms with Gasteiger partial charge < -0.3 is 10.6 Å². The van der Waals surface area contributed by atoms with Gasteiger partial charge in [0.25, 0.3) is 0 Å². The summed E-state index contributed by atoms with van der Waals surface area (Å²) in [6.07, 6.45) is 5.53. The zero-order valence-corrected chi connectivity index (χ0v) is 12.0. The quantitative estimate of drug-likeness (QED) is 0.556. The normalized spacial score (nSPS) is 24.2. The number of imide groups is 1. The van der Waals surface area contributed by atoms with Gasteiger partial charge in [0.1, 0.15) is 0 Å². The summed E-state index contributed by atoms with van der Waals surface area (Å²) in [6.45, 7) is 2.42. The molecule has 2 fully saturated rings. The Morgan fingerprint density at radius 2 is 1.90 bits per heavy atom. The first-order valence-corrected chi connectivity index (χ1v) is 7.43. The summed E-state index contributed by atoms with van der Waals surface area (Å²) in [6, 6.07) is -0.316. The van der Waals surface area contributed by atoms with E-state index >= 15 is 0 Å². The topological polar surface area (TPSA) is 78.5 Å². The minimum Gasteiger partial charge on any atom is -0.355 e. The Bertz CT molecular complexity index is 391. The molecule has 1 aliphatic carbocycles. The van der Waals surface area contributed by atoms with Gasteiger partial charge >= 0.3 is 0 Å². The van der Waals surface area contributed by atoms with Crippen molar-refractivity contribution < 1.29 is 14.4 Å². The second-order valence-electron chi connectivity index (χ2n) is 5.59. The molecule has 0 aromatic rings. The number of hydrogen-bond acceptors (Lipinski definition) is 4. The van der Waals surface area contributed by atoms with Crippen LogP contribution in [-0.4, -0.2) is 47.8 Å². The lowest BCUT2D eigenvalue weighted by Gasteiger charge is -2.29. The smallest absolute Gasteiger partial charge is 0.247 e. The van der Waals surface area contributed by atoms with Gasteiger partial charge in [-0.05, 0) is 12.8 Å². The number of hydrogen-bond donors (Lipinski definition) is 2. The predicted octanol–water partition coefficient (Wildman–Crippen LogP) is 0.172. The molecule has 2 rings (SSSR count). The maximum atomic E-state index is 12.3. The second kappa shape index (κ2) is 6.83. The minimum atomic E-state index is -0.418. The fraction of sp³-hybridized carbons (Fsp3) is 0.786. The fourth-order valence-corrected chi connectivity index (χ4v) is 3.02. The molecule has 1 unspecified atom stereocenters. The Morgan fingerprint density at radius 3 is 2.55 bits per heavy atom. The van der Waals surface area contributed by atoms with Crippen LogP contribution in [0.3, 0.4) is 0 Å². The second-order valence-corrected chi connectivity index (χ2v) is 5.59. The summed E-state index contributed by atoms with van der Waals surface area (Å²) >= 11 is 0. The van der Waals surface area contributed by atoms with Crippen molar-refractivity contribution in [1.82, 2.24) is 15.5 Å². The molecule has 6 nitrogen and oxygen atoms in total. The van der Waals surface area contributed by atoms with Crippen molar-refractivity contribution in [2.24, 2.45) is 0 Å². The lowest BCUT2D eigenvalue weighted by molar-refractivity contribution is -0.142. The first-order chi connectivity index (χ1) is 9.59. The number of carbonyl (C=O) groups is 3. The van der Waals surface area contributed by atoms with Crippen LogP contribution in [-0.2, 0) is 14.4 Å². The average molecular weight is 281 g/mol. The molecule has 1 saturated heterocycles. The van der Waals surface area contributed by atoms with Crippen LogP contribution in [0.25, 0.3) is 0 Å². The molecule has 0 aromatic carbocycles. The van der Waals surface area contributed by atoms with E-state index in [9.17, 15) is 14.4 Å². The van der Waals surface area contributed by atoms with E-state index in [2.05, 4.69) is 10.6 Å². The zero-order chi connectivity index (χ0) is 14.5. The molecule has 0 radical (unpaired) electrons. The first-order valence-electron chi connectivity index (χ1n) is 7.43. The van der Waals surface area contributed by atoms with Crippen molar-refractivity contribution in [3.05, 3.63) is 0 Å². The fourth-order valence-electron chi connectivity index (χ4n) is 3.02. The predicted molar refractivity (Wildman–Crippen MR) is 73.8 cm³/mol. The highest BCUT2D eigenvalue weighted by atomic mass is 16.2. The Balaban J connectivity index is 1.83. The maximum Gasteiger partial charge on any atom is 0.247 e.